The van der Waals surface area contributed by atoms with Crippen LogP contribution in [0.25, 0.3) is 0 Å². The normalized spacial score (nSPS) is 24.0. The maximum atomic E-state index is 14.9. The van der Waals surface area contributed by atoms with Crippen molar-refractivity contribution in [2.75, 3.05) is 6.54 Å². The van der Waals surface area contributed by atoms with E-state index in [9.17, 15) is 28.8 Å². The summed E-state index contributed by atoms with van der Waals surface area (Å²) in [5.74, 6) is -3.65. The van der Waals surface area contributed by atoms with E-state index in [1.807, 2.05) is 20.8 Å². The van der Waals surface area contributed by atoms with Crippen LogP contribution in [-0.4, -0.2) is 86.9 Å². The summed E-state index contributed by atoms with van der Waals surface area (Å²) < 4.78 is 0. The van der Waals surface area contributed by atoms with Crippen molar-refractivity contribution in [2.45, 2.75) is 147 Å². The topological polar surface area (TPSA) is 180 Å². The van der Waals surface area contributed by atoms with Crippen molar-refractivity contribution in [1.82, 2.24) is 36.1 Å². The smallest absolute Gasteiger partial charge is 0.289 e. The highest BCUT2D eigenvalue weighted by Crippen LogP contribution is 2.42. The van der Waals surface area contributed by atoms with E-state index in [0.29, 0.717) is 25.7 Å². The van der Waals surface area contributed by atoms with Gasteiger partial charge in [0.1, 0.15) is 23.8 Å². The van der Waals surface area contributed by atoms with Gasteiger partial charge in [0.15, 0.2) is 0 Å². The van der Waals surface area contributed by atoms with Gasteiger partial charge in [0, 0.05) is 30.9 Å². The zero-order valence-corrected chi connectivity index (χ0v) is 31.1. The first kappa shape index (κ1) is 39.1. The fourth-order valence-electron chi connectivity index (χ4n) is 8.50. The number of nitrogens with one attached hydrogen (secondary N) is 4. The monoisotopic (exact) mass is 719 g/mol. The number of ketones is 1. The molecule has 4 aliphatic rings. The highest BCUT2D eigenvalue weighted by Gasteiger charge is 2.50. The summed E-state index contributed by atoms with van der Waals surface area (Å²) in [6.45, 7) is 10.1. The third-order valence-corrected chi connectivity index (χ3v) is 11.9. The number of hydrogen-bond acceptors (Lipinski definition) is 8. The van der Waals surface area contributed by atoms with Gasteiger partial charge >= 0.3 is 0 Å². The lowest BCUT2D eigenvalue weighted by Gasteiger charge is -2.45. The first-order valence-electron chi connectivity index (χ1n) is 19.4. The predicted octanol–water partition coefficient (Wildman–Crippen LogP) is 3.54. The Hall–Kier alpha value is -4.16. The Labute approximate surface area is 307 Å². The summed E-state index contributed by atoms with van der Waals surface area (Å²) >= 11 is 0. The second-order valence-electron chi connectivity index (χ2n) is 16.0. The van der Waals surface area contributed by atoms with Crippen LogP contribution in [0.15, 0.2) is 31.2 Å². The fourth-order valence-corrected chi connectivity index (χ4v) is 8.50. The quantitative estimate of drug-likeness (QED) is 0.157. The molecule has 0 aromatic carbocycles. The van der Waals surface area contributed by atoms with Gasteiger partial charge in [-0.1, -0.05) is 71.8 Å². The molecular formula is C39H57N7O6. The summed E-state index contributed by atoms with van der Waals surface area (Å²) in [4.78, 5) is 92.6. The number of rotatable bonds is 15. The van der Waals surface area contributed by atoms with E-state index in [-0.39, 0.29) is 30.6 Å². The molecule has 4 N–H and O–H groups in total. The van der Waals surface area contributed by atoms with Crippen molar-refractivity contribution in [2.24, 2.45) is 16.7 Å². The molecule has 13 heteroatoms. The van der Waals surface area contributed by atoms with Gasteiger partial charge < -0.3 is 26.2 Å². The van der Waals surface area contributed by atoms with Crippen LogP contribution >= 0.6 is 0 Å². The molecular weight excluding hydrogens is 662 g/mol. The van der Waals surface area contributed by atoms with Crippen molar-refractivity contribution in [3.63, 3.8) is 0 Å². The van der Waals surface area contributed by atoms with E-state index in [1.165, 1.54) is 23.5 Å². The summed E-state index contributed by atoms with van der Waals surface area (Å²) in [5.41, 5.74) is -1.07. The molecule has 5 amide bonds. The maximum Gasteiger partial charge on any atom is 0.289 e. The van der Waals surface area contributed by atoms with Crippen LogP contribution in [0.3, 0.4) is 0 Å². The molecule has 0 bridgehead atoms. The largest absolute Gasteiger partial charge is 0.347 e. The Bertz CT molecular complexity index is 1480. The highest BCUT2D eigenvalue weighted by atomic mass is 16.2. The summed E-state index contributed by atoms with van der Waals surface area (Å²) in [5, 5.41) is 11.7. The lowest BCUT2D eigenvalue weighted by molar-refractivity contribution is -0.147. The first-order chi connectivity index (χ1) is 24.9. The average molecular weight is 720 g/mol. The Balaban J connectivity index is 1.42. The lowest BCUT2D eigenvalue weighted by Crippen LogP contribution is -2.64. The van der Waals surface area contributed by atoms with Gasteiger partial charge in [0.2, 0.25) is 23.5 Å². The Morgan fingerprint density at radius 3 is 2.08 bits per heavy atom. The van der Waals surface area contributed by atoms with Crippen LogP contribution in [0.2, 0.25) is 0 Å². The molecule has 5 atom stereocenters. The number of carbonyl (C=O) groups is 6. The third-order valence-electron chi connectivity index (χ3n) is 11.9. The minimum atomic E-state index is -1.03. The number of hydrogen-bond donors (Lipinski definition) is 4. The van der Waals surface area contributed by atoms with Gasteiger partial charge in [0.25, 0.3) is 11.8 Å². The molecule has 3 aliphatic carbocycles. The van der Waals surface area contributed by atoms with E-state index >= 15 is 0 Å². The van der Waals surface area contributed by atoms with Crippen molar-refractivity contribution >= 4 is 35.3 Å². The molecule has 5 rings (SSSR count). The number of Topliss-reactive ketones (excluding diaryl/α,β-unsaturated/α-hetero) is 1. The zero-order valence-electron chi connectivity index (χ0n) is 31.1. The van der Waals surface area contributed by atoms with Crippen LogP contribution in [0.4, 0.5) is 0 Å². The zero-order chi connectivity index (χ0) is 37.5. The fraction of sp³-hybridized carbons (Fsp3) is 0.692. The molecule has 4 fully saturated rings. The molecule has 1 aromatic rings. The van der Waals surface area contributed by atoms with E-state index in [1.54, 1.807) is 6.08 Å². The molecule has 0 spiro atoms. The minimum Gasteiger partial charge on any atom is -0.347 e. The molecule has 13 nitrogen and oxygen atoms in total. The SMILES string of the molecule is C=C[C@H]1CCN(C(=O)[C@@H](NC(=O)[C@@H](NC(=O)c2cnccn2)C2(C)CCCCC2)C2(C)CCCCC2)[C@@H]1C(=O)NC(CCC)C(=O)C(=O)NC1CC1. The summed E-state index contributed by atoms with van der Waals surface area (Å²) in [6, 6.07) is -3.92. The van der Waals surface area contributed by atoms with Gasteiger partial charge in [-0.25, -0.2) is 4.98 Å². The third kappa shape index (κ3) is 9.06. The van der Waals surface area contributed by atoms with E-state index in [2.05, 4.69) is 37.8 Å². The molecule has 3 saturated carbocycles. The van der Waals surface area contributed by atoms with Crippen molar-refractivity contribution in [3.05, 3.63) is 36.9 Å². The van der Waals surface area contributed by atoms with E-state index in [4.69, 9.17) is 0 Å². The van der Waals surface area contributed by atoms with Gasteiger partial charge in [0.05, 0.1) is 12.2 Å². The molecule has 1 aromatic heterocycles. The second-order valence-corrected chi connectivity index (χ2v) is 16.0. The lowest BCUT2D eigenvalue weighted by atomic mass is 9.68. The maximum absolute atomic E-state index is 14.9. The standard InChI is InChI=1S/C39H57N7O6/c1-5-13-27(30(47)35(50)42-26-14-15-26)43-34(49)29-25(6-2)16-23-46(29)37(52)32(39(4)19-11-8-12-20-39)45-36(51)31(38(3)17-9-7-10-18-38)44-33(48)28-24-40-21-22-41-28/h6,21-22,24-27,29,31-32H,2,5,7-20,23H2,1,3-4H3,(H,42,50)(H,43,49)(H,44,48)(H,45,51)/t25-,27?,29-,31+,32+/m0/s1. The molecule has 1 aliphatic heterocycles. The average Bonchev–Trinajstić information content (AvgIpc) is 3.86. The minimum absolute atomic E-state index is 0.00329. The molecule has 284 valence electrons. The van der Waals surface area contributed by atoms with E-state index in [0.717, 1.165) is 64.2 Å². The highest BCUT2D eigenvalue weighted by molar-refractivity contribution is 6.38. The van der Waals surface area contributed by atoms with Crippen LogP contribution in [0.1, 0.15) is 128 Å². The van der Waals surface area contributed by atoms with Crippen molar-refractivity contribution in [1.29, 1.82) is 0 Å². The first-order valence-corrected chi connectivity index (χ1v) is 19.4. The molecule has 52 heavy (non-hydrogen) atoms. The van der Waals surface area contributed by atoms with Gasteiger partial charge in [-0.3, -0.25) is 33.8 Å². The van der Waals surface area contributed by atoms with Crippen LogP contribution < -0.4 is 21.3 Å². The molecule has 2 heterocycles. The second kappa shape index (κ2) is 17.1. The Morgan fingerprint density at radius 1 is 0.885 bits per heavy atom. The molecule has 1 saturated heterocycles. The molecule has 0 radical (unpaired) electrons. The number of nitrogens with zero attached hydrogens (tertiary/aromatic N) is 3. The molecule has 1 unspecified atom stereocenters. The Kier molecular flexibility index (Phi) is 12.9. The number of likely N-dealkylation sites (tertiary alicyclic amines) is 1. The van der Waals surface area contributed by atoms with Crippen molar-refractivity contribution < 1.29 is 28.8 Å². The Morgan fingerprint density at radius 2 is 1.52 bits per heavy atom. The van der Waals surface area contributed by atoms with E-state index < -0.39 is 70.3 Å². The van der Waals surface area contributed by atoms with Crippen molar-refractivity contribution in [3.8, 4) is 0 Å². The predicted molar refractivity (Wildman–Crippen MR) is 194 cm³/mol. The van der Waals surface area contributed by atoms with Gasteiger partial charge in [-0.2, -0.15) is 0 Å². The van der Waals surface area contributed by atoms with Gasteiger partial charge in [-0.05, 0) is 62.2 Å². The van der Waals surface area contributed by atoms with Gasteiger partial charge in [-0.15, -0.1) is 6.58 Å². The summed E-state index contributed by atoms with van der Waals surface area (Å²) in [7, 11) is 0. The van der Waals surface area contributed by atoms with Crippen LogP contribution in [0.5, 0.6) is 0 Å². The van der Waals surface area contributed by atoms with Crippen LogP contribution in [-0.2, 0) is 24.0 Å². The number of amides is 5. The summed E-state index contributed by atoms with van der Waals surface area (Å²) in [6.07, 6.45) is 17.4. The van der Waals surface area contributed by atoms with Crippen LogP contribution in [0, 0.1) is 16.7 Å². The number of aromatic nitrogens is 2. The number of carbonyl (C=O) groups excluding carboxylic acids is 6.